The Balaban J connectivity index is 1.45. The van der Waals surface area contributed by atoms with E-state index < -0.39 is 29.6 Å². The Morgan fingerprint density at radius 2 is 1.81 bits per heavy atom. The molecular weight excluding hydrogens is 697 g/mol. The second kappa shape index (κ2) is 19.1. The Labute approximate surface area is 317 Å². The zero-order valence-corrected chi connectivity index (χ0v) is 33.6. The Hall–Kier alpha value is -3.43. The summed E-state index contributed by atoms with van der Waals surface area (Å²) in [6.07, 6.45) is 1.30. The lowest BCUT2D eigenvalue weighted by Gasteiger charge is -2.43. The summed E-state index contributed by atoms with van der Waals surface area (Å²) < 4.78 is 0. The molecule has 4 rings (SSSR count). The van der Waals surface area contributed by atoms with Gasteiger partial charge in [-0.25, -0.2) is 9.78 Å². The predicted octanol–water partition coefficient (Wildman–Crippen LogP) is 4.33. The lowest BCUT2D eigenvalue weighted by Crippen LogP contribution is -2.63. The number of β-amino-alcohol motifs (C(OH)–C–C–N with tert-alkyl or cyclic N) is 1. The largest absolute Gasteiger partial charge is 0.390 e. The number of piperazine rings is 1. The molecule has 1 aliphatic rings. The lowest BCUT2D eigenvalue weighted by molar-refractivity contribution is -0.132. The van der Waals surface area contributed by atoms with E-state index in [9.17, 15) is 19.5 Å². The molecule has 3 aromatic rings. The minimum absolute atomic E-state index is 0.0793. The predicted molar refractivity (Wildman–Crippen MR) is 208 cm³/mol. The fraction of sp³-hybridized carbons (Fsp3) is 0.605. The first-order valence-electron chi connectivity index (χ1n) is 18.2. The second-order valence-corrected chi connectivity index (χ2v) is 17.4. The molecule has 4 amide bonds. The first kappa shape index (κ1) is 41.3. The summed E-state index contributed by atoms with van der Waals surface area (Å²) in [6.45, 7) is 17.2. The summed E-state index contributed by atoms with van der Waals surface area (Å²) in [5, 5.41) is 24.1. The van der Waals surface area contributed by atoms with Gasteiger partial charge in [0.15, 0.2) is 0 Å². The third-order valence-corrected chi connectivity index (χ3v) is 11.1. The van der Waals surface area contributed by atoms with Gasteiger partial charge in [0.2, 0.25) is 11.8 Å². The number of aliphatic hydroxyl groups excluding tert-OH is 1. The van der Waals surface area contributed by atoms with Crippen molar-refractivity contribution in [3.05, 3.63) is 68.6 Å². The molecule has 1 aliphatic heterocycles. The van der Waals surface area contributed by atoms with Crippen molar-refractivity contribution in [1.82, 2.24) is 40.6 Å². The van der Waals surface area contributed by atoms with E-state index in [0.717, 1.165) is 27.7 Å². The van der Waals surface area contributed by atoms with Crippen molar-refractivity contribution in [2.75, 3.05) is 39.8 Å². The molecule has 1 aromatic carbocycles. The van der Waals surface area contributed by atoms with Crippen molar-refractivity contribution in [2.24, 2.45) is 11.8 Å². The molecule has 0 saturated carbocycles. The molecule has 2 aromatic heterocycles. The smallest absolute Gasteiger partial charge is 0.317 e. The minimum atomic E-state index is -0.968. The van der Waals surface area contributed by atoms with Crippen molar-refractivity contribution in [1.29, 1.82) is 0 Å². The highest BCUT2D eigenvalue weighted by atomic mass is 32.1. The van der Waals surface area contributed by atoms with Gasteiger partial charge in [0.25, 0.3) is 0 Å². The number of aliphatic hydroxyl groups is 1. The van der Waals surface area contributed by atoms with Crippen LogP contribution < -0.4 is 16.0 Å². The lowest BCUT2D eigenvalue weighted by atomic mass is 9.93. The number of benzene rings is 1. The number of hydrogen-bond acceptors (Lipinski definition) is 10. The quantitative estimate of drug-likeness (QED) is 0.170. The average Bonchev–Trinajstić information content (AvgIpc) is 3.77. The van der Waals surface area contributed by atoms with E-state index in [1.54, 1.807) is 34.6 Å². The SMILES string of the molecule is CC(C)c1nc(CN(C)C(=O)NC[C@H](C(=O)N[C@H](Cc2ccccc2)[C@@H](O)CN2CCN(Cc3cncs3)C[C@@H]2C(=O)NC(C)(C)C)C(C)C)cs1. The number of urea groups is 1. The highest BCUT2D eigenvalue weighted by molar-refractivity contribution is 7.09. The number of carbonyl (C=O) groups excluding carboxylic acids is 3. The monoisotopic (exact) mass is 754 g/mol. The molecule has 0 bridgehead atoms. The molecule has 0 radical (unpaired) electrons. The molecule has 12 nitrogen and oxygen atoms in total. The van der Waals surface area contributed by atoms with E-state index in [4.69, 9.17) is 0 Å². The maximum Gasteiger partial charge on any atom is 0.317 e. The molecule has 14 heteroatoms. The summed E-state index contributed by atoms with van der Waals surface area (Å²) >= 11 is 3.19. The standard InChI is InChI=1S/C38H58N8O4S2/c1-25(2)30(18-40-37(50)44(8)19-28-23-51-36(41-28)26(3)4)34(48)42-31(16-27-12-10-9-11-13-27)33(47)22-46-15-14-45(20-29-17-39-24-52-29)21-32(46)35(49)43-38(5,6)7/h9-13,17,23-26,30-33,47H,14-16,18-22H2,1-8H3,(H,40,50)(H,42,48)(H,43,49)/t30-,31+,32+,33-/m0/s1. The van der Waals surface area contributed by atoms with E-state index in [1.165, 1.54) is 0 Å². The van der Waals surface area contributed by atoms with Gasteiger partial charge in [0.05, 0.1) is 40.8 Å². The van der Waals surface area contributed by atoms with Crippen molar-refractivity contribution in [2.45, 2.75) is 97.6 Å². The van der Waals surface area contributed by atoms with Gasteiger partial charge < -0.3 is 26.0 Å². The van der Waals surface area contributed by atoms with E-state index in [-0.39, 0.29) is 36.9 Å². The van der Waals surface area contributed by atoms with Crippen LogP contribution in [0.15, 0.2) is 47.4 Å². The number of nitrogens with zero attached hydrogens (tertiary/aromatic N) is 5. The Morgan fingerprint density at radius 3 is 2.42 bits per heavy atom. The van der Waals surface area contributed by atoms with Crippen LogP contribution in [0, 0.1) is 11.8 Å². The van der Waals surface area contributed by atoms with Gasteiger partial charge in [-0.2, -0.15) is 0 Å². The zero-order valence-electron chi connectivity index (χ0n) is 32.0. The van der Waals surface area contributed by atoms with E-state index in [0.29, 0.717) is 38.5 Å². The van der Waals surface area contributed by atoms with Crippen LogP contribution in [0.1, 0.15) is 75.5 Å². The first-order valence-corrected chi connectivity index (χ1v) is 20.0. The molecule has 286 valence electrons. The van der Waals surface area contributed by atoms with Gasteiger partial charge in [-0.1, -0.05) is 58.0 Å². The molecule has 0 aliphatic carbocycles. The van der Waals surface area contributed by atoms with Crippen LogP contribution in [0.4, 0.5) is 4.79 Å². The molecule has 0 unspecified atom stereocenters. The first-order chi connectivity index (χ1) is 24.6. The van der Waals surface area contributed by atoms with Crippen LogP contribution in [0.2, 0.25) is 0 Å². The number of nitrogens with one attached hydrogen (secondary N) is 3. The van der Waals surface area contributed by atoms with E-state index >= 15 is 0 Å². The second-order valence-electron chi connectivity index (χ2n) is 15.5. The maximum atomic E-state index is 14.0. The number of thiazole rings is 2. The molecule has 4 atom stereocenters. The third kappa shape index (κ3) is 12.6. The van der Waals surface area contributed by atoms with Gasteiger partial charge in [-0.15, -0.1) is 22.7 Å². The number of carbonyl (C=O) groups is 3. The summed E-state index contributed by atoms with van der Waals surface area (Å²) in [7, 11) is 1.72. The van der Waals surface area contributed by atoms with Gasteiger partial charge in [-0.05, 0) is 38.7 Å². The van der Waals surface area contributed by atoms with Crippen LogP contribution in [-0.4, -0.2) is 111 Å². The highest BCUT2D eigenvalue weighted by Crippen LogP contribution is 2.21. The van der Waals surface area contributed by atoms with Crippen molar-refractivity contribution < 1.29 is 19.5 Å². The third-order valence-electron chi connectivity index (χ3n) is 9.18. The van der Waals surface area contributed by atoms with Crippen LogP contribution >= 0.6 is 22.7 Å². The summed E-state index contributed by atoms with van der Waals surface area (Å²) in [6, 6.07) is 8.37. The van der Waals surface area contributed by atoms with Gasteiger partial charge in [-0.3, -0.25) is 24.4 Å². The number of amides is 4. The number of hydrogen-bond donors (Lipinski definition) is 4. The fourth-order valence-electron chi connectivity index (χ4n) is 6.23. The number of aromatic nitrogens is 2. The van der Waals surface area contributed by atoms with Crippen LogP contribution in [0.25, 0.3) is 0 Å². The normalized spacial score (nSPS) is 17.5. The zero-order chi connectivity index (χ0) is 38.0. The van der Waals surface area contributed by atoms with Crippen LogP contribution in [-0.2, 0) is 29.1 Å². The van der Waals surface area contributed by atoms with Crippen LogP contribution in [0.3, 0.4) is 0 Å². The topological polar surface area (TPSA) is 143 Å². The average molecular weight is 755 g/mol. The number of rotatable bonds is 16. The minimum Gasteiger partial charge on any atom is -0.390 e. The summed E-state index contributed by atoms with van der Waals surface area (Å²) in [5.41, 5.74) is 3.21. The molecule has 1 saturated heterocycles. The summed E-state index contributed by atoms with van der Waals surface area (Å²) in [5.74, 6) is -0.616. The van der Waals surface area contributed by atoms with Gasteiger partial charge >= 0.3 is 6.03 Å². The maximum absolute atomic E-state index is 14.0. The Kier molecular flexibility index (Phi) is 15.1. The van der Waals surface area contributed by atoms with E-state index in [1.807, 2.05) is 86.9 Å². The molecule has 52 heavy (non-hydrogen) atoms. The summed E-state index contributed by atoms with van der Waals surface area (Å²) in [4.78, 5) is 56.6. The molecule has 3 heterocycles. The Bertz CT molecular complexity index is 1560. The van der Waals surface area contributed by atoms with Crippen molar-refractivity contribution >= 4 is 40.5 Å². The van der Waals surface area contributed by atoms with Crippen LogP contribution in [0.5, 0.6) is 0 Å². The molecular formula is C38H58N8O4S2. The van der Waals surface area contributed by atoms with Crippen molar-refractivity contribution in [3.63, 3.8) is 0 Å². The van der Waals surface area contributed by atoms with Crippen molar-refractivity contribution in [3.8, 4) is 0 Å². The molecule has 1 fully saturated rings. The van der Waals surface area contributed by atoms with Gasteiger partial charge in [0.1, 0.15) is 6.04 Å². The van der Waals surface area contributed by atoms with E-state index in [2.05, 4.69) is 44.7 Å². The molecule has 4 N–H and O–H groups in total. The highest BCUT2D eigenvalue weighted by Gasteiger charge is 2.37. The Morgan fingerprint density at radius 1 is 1.08 bits per heavy atom. The fourth-order valence-corrected chi connectivity index (χ4v) is 7.69. The molecule has 0 spiro atoms. The van der Waals surface area contributed by atoms with Gasteiger partial charge in [0, 0.05) is 74.2 Å².